The molecule has 0 aliphatic carbocycles. The number of furan rings is 1. The molecule has 0 amide bonds. The molecule has 1 aliphatic heterocycles. The van der Waals surface area contributed by atoms with Gasteiger partial charge in [-0.1, -0.05) is 38.0 Å². The molecule has 0 spiro atoms. The minimum absolute atomic E-state index is 0.554. The number of likely N-dealkylation sites (tertiary alicyclic amines) is 1. The lowest BCUT2D eigenvalue weighted by atomic mass is 9.98. The first kappa shape index (κ1) is 14.6. The van der Waals surface area contributed by atoms with Crippen molar-refractivity contribution in [2.75, 3.05) is 6.54 Å². The summed E-state index contributed by atoms with van der Waals surface area (Å²) in [7, 11) is 0. The third-order valence-electron chi connectivity index (χ3n) is 4.70. The van der Waals surface area contributed by atoms with E-state index in [9.17, 15) is 0 Å². The van der Waals surface area contributed by atoms with E-state index in [1.807, 2.05) is 12.1 Å². The number of hydrogen-bond acceptors (Lipinski definition) is 3. The van der Waals surface area contributed by atoms with Crippen LogP contribution in [0.25, 0.3) is 11.0 Å². The Hall–Kier alpha value is -1.32. The molecule has 1 atom stereocenters. The Bertz CT molecular complexity index is 588. The topological polar surface area (TPSA) is 42.4 Å². The van der Waals surface area contributed by atoms with E-state index in [1.165, 1.54) is 49.6 Å². The zero-order valence-electron chi connectivity index (χ0n) is 13.0. The molecule has 0 bridgehead atoms. The summed E-state index contributed by atoms with van der Waals surface area (Å²) in [5, 5.41) is 1.18. The van der Waals surface area contributed by atoms with Crippen LogP contribution in [-0.4, -0.2) is 17.5 Å². The zero-order valence-corrected chi connectivity index (χ0v) is 13.0. The number of nitrogens with zero attached hydrogens (tertiary/aromatic N) is 1. The smallest absolute Gasteiger partial charge is 0.134 e. The number of nitrogens with two attached hydrogens (primary N) is 1. The van der Waals surface area contributed by atoms with Crippen molar-refractivity contribution in [3.8, 4) is 0 Å². The maximum Gasteiger partial charge on any atom is 0.134 e. The fourth-order valence-electron chi connectivity index (χ4n) is 3.61. The van der Waals surface area contributed by atoms with Crippen LogP contribution in [0.3, 0.4) is 0 Å². The highest BCUT2D eigenvalue weighted by Crippen LogP contribution is 2.29. The molecule has 1 unspecified atom stereocenters. The van der Waals surface area contributed by atoms with Crippen molar-refractivity contribution in [2.45, 2.75) is 58.2 Å². The van der Waals surface area contributed by atoms with Gasteiger partial charge in [-0.05, 0) is 31.9 Å². The van der Waals surface area contributed by atoms with Gasteiger partial charge >= 0.3 is 0 Å². The van der Waals surface area contributed by atoms with Gasteiger partial charge in [0.15, 0.2) is 0 Å². The summed E-state index contributed by atoms with van der Waals surface area (Å²) in [6, 6.07) is 8.95. The highest BCUT2D eigenvalue weighted by molar-refractivity contribution is 5.82. The molecule has 1 aromatic heterocycles. The van der Waals surface area contributed by atoms with Gasteiger partial charge in [-0.2, -0.15) is 0 Å². The molecule has 21 heavy (non-hydrogen) atoms. The second kappa shape index (κ2) is 6.63. The van der Waals surface area contributed by atoms with Crippen molar-refractivity contribution < 1.29 is 4.42 Å². The van der Waals surface area contributed by atoms with Gasteiger partial charge in [0.05, 0.1) is 6.54 Å². The lowest BCUT2D eigenvalue weighted by molar-refractivity contribution is 0.122. The zero-order chi connectivity index (χ0) is 14.7. The second-order valence-corrected chi connectivity index (χ2v) is 6.11. The number of fused-ring (bicyclic) bond motifs is 1. The Morgan fingerprint density at radius 3 is 2.95 bits per heavy atom. The second-order valence-electron chi connectivity index (χ2n) is 6.11. The van der Waals surface area contributed by atoms with Crippen LogP contribution in [0.15, 0.2) is 28.7 Å². The van der Waals surface area contributed by atoms with Crippen molar-refractivity contribution in [1.82, 2.24) is 4.90 Å². The van der Waals surface area contributed by atoms with Gasteiger partial charge in [0.25, 0.3) is 0 Å². The molecule has 1 fully saturated rings. The van der Waals surface area contributed by atoms with E-state index in [0.29, 0.717) is 12.6 Å². The van der Waals surface area contributed by atoms with Crippen LogP contribution in [0.5, 0.6) is 0 Å². The lowest BCUT2D eigenvalue weighted by Crippen LogP contribution is -2.38. The number of piperidine rings is 1. The van der Waals surface area contributed by atoms with E-state index in [0.717, 1.165) is 17.9 Å². The molecular weight excluding hydrogens is 260 g/mol. The molecule has 3 rings (SSSR count). The van der Waals surface area contributed by atoms with E-state index >= 15 is 0 Å². The van der Waals surface area contributed by atoms with Crippen LogP contribution in [0, 0.1) is 0 Å². The standard InChI is InChI=1S/C18H26N2O/c1-2-7-14-8-5-6-11-20(14)13-18-16(12-19)15-9-3-4-10-17(15)21-18/h3-4,9-10,14H,2,5-8,11-13,19H2,1H3. The predicted octanol–water partition coefficient (Wildman–Crippen LogP) is 4.05. The summed E-state index contributed by atoms with van der Waals surface area (Å²) < 4.78 is 6.10. The summed E-state index contributed by atoms with van der Waals surface area (Å²) in [5.41, 5.74) is 8.14. The average molecular weight is 286 g/mol. The first-order chi connectivity index (χ1) is 10.3. The molecule has 1 aromatic carbocycles. The third kappa shape index (κ3) is 2.99. The quantitative estimate of drug-likeness (QED) is 0.901. The van der Waals surface area contributed by atoms with Gasteiger partial charge in [0.1, 0.15) is 11.3 Å². The van der Waals surface area contributed by atoms with Crippen LogP contribution >= 0.6 is 0 Å². The van der Waals surface area contributed by atoms with Crippen LogP contribution in [0.1, 0.15) is 50.4 Å². The Morgan fingerprint density at radius 1 is 1.29 bits per heavy atom. The molecule has 114 valence electrons. The third-order valence-corrected chi connectivity index (χ3v) is 4.70. The summed E-state index contributed by atoms with van der Waals surface area (Å²) >= 11 is 0. The Balaban J connectivity index is 1.86. The van der Waals surface area contributed by atoms with E-state index in [2.05, 4.69) is 24.0 Å². The Morgan fingerprint density at radius 2 is 2.14 bits per heavy atom. The van der Waals surface area contributed by atoms with Gasteiger partial charge in [-0.3, -0.25) is 4.90 Å². The fraction of sp³-hybridized carbons (Fsp3) is 0.556. The molecule has 2 N–H and O–H groups in total. The minimum atomic E-state index is 0.554. The Kier molecular flexibility index (Phi) is 4.61. The van der Waals surface area contributed by atoms with Gasteiger partial charge < -0.3 is 10.2 Å². The number of para-hydroxylation sites is 1. The van der Waals surface area contributed by atoms with Gasteiger partial charge in [-0.25, -0.2) is 0 Å². The van der Waals surface area contributed by atoms with Gasteiger partial charge in [0, 0.05) is 23.5 Å². The van der Waals surface area contributed by atoms with Crippen molar-refractivity contribution >= 4 is 11.0 Å². The number of rotatable bonds is 5. The number of hydrogen-bond donors (Lipinski definition) is 1. The monoisotopic (exact) mass is 286 g/mol. The molecule has 3 nitrogen and oxygen atoms in total. The average Bonchev–Trinajstić information content (AvgIpc) is 2.86. The van der Waals surface area contributed by atoms with Crippen LogP contribution < -0.4 is 5.73 Å². The lowest BCUT2D eigenvalue weighted by Gasteiger charge is -2.35. The van der Waals surface area contributed by atoms with E-state index in [1.54, 1.807) is 0 Å². The fourth-order valence-corrected chi connectivity index (χ4v) is 3.61. The number of benzene rings is 1. The van der Waals surface area contributed by atoms with E-state index < -0.39 is 0 Å². The van der Waals surface area contributed by atoms with E-state index in [-0.39, 0.29) is 0 Å². The van der Waals surface area contributed by atoms with Crippen LogP contribution in [0.4, 0.5) is 0 Å². The molecule has 2 heterocycles. The van der Waals surface area contributed by atoms with Gasteiger partial charge in [0.2, 0.25) is 0 Å². The largest absolute Gasteiger partial charge is 0.459 e. The van der Waals surface area contributed by atoms with Crippen molar-refractivity contribution in [2.24, 2.45) is 5.73 Å². The Labute approximate surface area is 127 Å². The first-order valence-electron chi connectivity index (χ1n) is 8.27. The first-order valence-corrected chi connectivity index (χ1v) is 8.27. The maximum absolute atomic E-state index is 6.10. The summed E-state index contributed by atoms with van der Waals surface area (Å²) in [4.78, 5) is 2.60. The predicted molar refractivity (Wildman–Crippen MR) is 87.1 cm³/mol. The highest BCUT2D eigenvalue weighted by atomic mass is 16.3. The van der Waals surface area contributed by atoms with Crippen LogP contribution in [0.2, 0.25) is 0 Å². The molecule has 2 aromatic rings. The molecule has 1 saturated heterocycles. The maximum atomic E-state index is 6.10. The minimum Gasteiger partial charge on any atom is -0.459 e. The van der Waals surface area contributed by atoms with Crippen LogP contribution in [-0.2, 0) is 13.1 Å². The van der Waals surface area contributed by atoms with Gasteiger partial charge in [-0.15, -0.1) is 0 Å². The summed E-state index contributed by atoms with van der Waals surface area (Å²) in [6.07, 6.45) is 6.54. The molecule has 0 saturated carbocycles. The molecule has 0 radical (unpaired) electrons. The molecule has 1 aliphatic rings. The van der Waals surface area contributed by atoms with Crippen molar-refractivity contribution in [3.05, 3.63) is 35.6 Å². The normalized spacial score (nSPS) is 20.2. The van der Waals surface area contributed by atoms with Crippen molar-refractivity contribution in [1.29, 1.82) is 0 Å². The van der Waals surface area contributed by atoms with E-state index in [4.69, 9.17) is 10.2 Å². The summed E-state index contributed by atoms with van der Waals surface area (Å²) in [6.45, 7) is 4.93. The summed E-state index contributed by atoms with van der Waals surface area (Å²) in [5.74, 6) is 1.07. The highest BCUT2D eigenvalue weighted by Gasteiger charge is 2.24. The molecular formula is C18H26N2O. The molecule has 3 heteroatoms. The van der Waals surface area contributed by atoms with Crippen molar-refractivity contribution in [3.63, 3.8) is 0 Å². The SMILES string of the molecule is CCCC1CCCCN1Cc1oc2ccccc2c1CN.